The van der Waals surface area contributed by atoms with E-state index in [4.69, 9.17) is 14.9 Å². The van der Waals surface area contributed by atoms with Gasteiger partial charge in [0.15, 0.2) is 0 Å². The van der Waals surface area contributed by atoms with Gasteiger partial charge in [0.2, 0.25) is 0 Å². The van der Waals surface area contributed by atoms with Gasteiger partial charge in [0.25, 0.3) is 0 Å². The van der Waals surface area contributed by atoms with Crippen LogP contribution in [-0.4, -0.2) is 48.5 Å². The van der Waals surface area contributed by atoms with Crippen LogP contribution in [0.25, 0.3) is 0 Å². The fraction of sp³-hybridized carbons (Fsp3) is 0.467. The number of rotatable bonds is 6. The molecule has 0 unspecified atom stereocenters. The van der Waals surface area contributed by atoms with Crippen LogP contribution in [0.2, 0.25) is 0 Å². The normalized spacial score (nSPS) is 10.2. The summed E-state index contributed by atoms with van der Waals surface area (Å²) < 4.78 is 5.22. The molecule has 2 N–H and O–H groups in total. The van der Waals surface area contributed by atoms with Gasteiger partial charge >= 0.3 is 0 Å². The van der Waals surface area contributed by atoms with Crippen LogP contribution >= 0.6 is 0 Å². The van der Waals surface area contributed by atoms with Crippen molar-refractivity contribution in [1.82, 2.24) is 4.90 Å². The van der Waals surface area contributed by atoms with Gasteiger partial charge in [-0.3, -0.25) is 4.90 Å². The van der Waals surface area contributed by atoms with Crippen molar-refractivity contribution in [1.29, 1.82) is 0 Å². The third kappa shape index (κ3) is 4.92. The van der Waals surface area contributed by atoms with E-state index in [0.29, 0.717) is 13.1 Å². The summed E-state index contributed by atoms with van der Waals surface area (Å²) in [6.07, 6.45) is 0. The van der Waals surface area contributed by atoms with Crippen molar-refractivity contribution in [2.24, 2.45) is 0 Å². The van der Waals surface area contributed by atoms with Gasteiger partial charge in [-0.2, -0.15) is 0 Å². The van der Waals surface area contributed by atoms with Crippen LogP contribution in [0.4, 0.5) is 0 Å². The highest BCUT2D eigenvalue weighted by atomic mass is 16.5. The van der Waals surface area contributed by atoms with Crippen LogP contribution in [0.3, 0.4) is 0 Å². The van der Waals surface area contributed by atoms with Gasteiger partial charge < -0.3 is 14.9 Å². The number of nitrogens with zero attached hydrogens (tertiary/aromatic N) is 1. The molecule has 104 valence electrons. The molecular weight excluding hydrogens is 242 g/mol. The zero-order chi connectivity index (χ0) is 14.1. The lowest BCUT2D eigenvalue weighted by Gasteiger charge is -2.20. The lowest BCUT2D eigenvalue weighted by atomic mass is 10.1. The van der Waals surface area contributed by atoms with E-state index < -0.39 is 0 Å². The summed E-state index contributed by atoms with van der Waals surface area (Å²) in [5, 5.41) is 17.8. The average molecular weight is 263 g/mol. The highest BCUT2D eigenvalue weighted by Crippen LogP contribution is 2.18. The first-order chi connectivity index (χ1) is 9.24. The smallest absolute Gasteiger partial charge is 0.119 e. The van der Waals surface area contributed by atoms with E-state index in [1.165, 1.54) is 0 Å². The predicted molar refractivity (Wildman–Crippen MR) is 75.0 cm³/mol. The molecule has 0 aliphatic rings. The number of benzene rings is 1. The molecule has 0 aromatic heterocycles. The molecule has 4 heteroatoms. The Kier molecular flexibility index (Phi) is 6.98. The van der Waals surface area contributed by atoms with Crippen molar-refractivity contribution in [2.45, 2.75) is 13.5 Å². The summed E-state index contributed by atoms with van der Waals surface area (Å²) >= 11 is 0. The van der Waals surface area contributed by atoms with Gasteiger partial charge in [-0.25, -0.2) is 0 Å². The Bertz CT molecular complexity index is 448. The minimum atomic E-state index is -0.153. The summed E-state index contributed by atoms with van der Waals surface area (Å²) in [5.41, 5.74) is 1.92. The summed E-state index contributed by atoms with van der Waals surface area (Å²) in [6.45, 7) is 4.21. The van der Waals surface area contributed by atoms with E-state index in [2.05, 4.69) is 23.7 Å². The zero-order valence-electron chi connectivity index (χ0n) is 11.5. The van der Waals surface area contributed by atoms with Crippen molar-refractivity contribution in [3.05, 3.63) is 29.3 Å². The topological polar surface area (TPSA) is 52.9 Å². The molecule has 0 radical (unpaired) electrons. The standard InChI is InChI=1S/C15H21NO3/c1-3-16(8-10-18)12-14-11-15(19-2)7-6-13(14)5-4-9-17/h6-7,11,17-18H,3,8-10,12H2,1-2H3. The number of aliphatic hydroxyl groups is 2. The lowest BCUT2D eigenvalue weighted by molar-refractivity contribution is 0.196. The van der Waals surface area contributed by atoms with Crippen molar-refractivity contribution >= 4 is 0 Å². The molecule has 0 aliphatic heterocycles. The zero-order valence-corrected chi connectivity index (χ0v) is 11.5. The SMILES string of the molecule is CCN(CCO)Cc1cc(OC)ccc1C#CCO. The molecule has 0 fully saturated rings. The van der Waals surface area contributed by atoms with E-state index in [1.54, 1.807) is 7.11 Å². The Morgan fingerprint density at radius 2 is 2.11 bits per heavy atom. The van der Waals surface area contributed by atoms with E-state index in [0.717, 1.165) is 23.4 Å². The molecule has 0 heterocycles. The maximum Gasteiger partial charge on any atom is 0.119 e. The van der Waals surface area contributed by atoms with Crippen LogP contribution in [0.1, 0.15) is 18.1 Å². The fourth-order valence-corrected chi connectivity index (χ4v) is 1.82. The van der Waals surface area contributed by atoms with Crippen LogP contribution in [-0.2, 0) is 6.54 Å². The molecule has 0 amide bonds. The Labute approximate surface area is 114 Å². The molecular formula is C15H21NO3. The van der Waals surface area contributed by atoms with Gasteiger partial charge in [-0.05, 0) is 30.3 Å². The second-order valence-electron chi connectivity index (χ2n) is 4.08. The molecule has 1 rings (SSSR count). The highest BCUT2D eigenvalue weighted by Gasteiger charge is 2.08. The lowest BCUT2D eigenvalue weighted by Crippen LogP contribution is -2.26. The maximum atomic E-state index is 9.03. The van der Waals surface area contributed by atoms with Crippen LogP contribution in [0.5, 0.6) is 5.75 Å². The van der Waals surface area contributed by atoms with E-state index in [1.807, 2.05) is 18.2 Å². The summed E-state index contributed by atoms with van der Waals surface area (Å²) in [5.74, 6) is 6.39. The third-order valence-corrected chi connectivity index (χ3v) is 2.87. The molecule has 1 aromatic carbocycles. The molecule has 0 spiro atoms. The first kappa shape index (κ1) is 15.5. The number of hydrogen-bond donors (Lipinski definition) is 2. The van der Waals surface area contributed by atoms with Gasteiger partial charge in [0.05, 0.1) is 13.7 Å². The Balaban J connectivity index is 2.99. The maximum absolute atomic E-state index is 9.03. The first-order valence-electron chi connectivity index (χ1n) is 6.35. The summed E-state index contributed by atoms with van der Waals surface area (Å²) in [6, 6.07) is 5.69. The molecule has 4 nitrogen and oxygen atoms in total. The molecule has 1 aromatic rings. The Morgan fingerprint density at radius 3 is 2.68 bits per heavy atom. The van der Waals surface area contributed by atoms with Gasteiger partial charge in [0, 0.05) is 18.7 Å². The molecule has 0 bridgehead atoms. The van der Waals surface area contributed by atoms with E-state index in [9.17, 15) is 0 Å². The quantitative estimate of drug-likeness (QED) is 0.747. The average Bonchev–Trinajstić information content (AvgIpc) is 2.45. The van der Waals surface area contributed by atoms with E-state index in [-0.39, 0.29) is 13.2 Å². The minimum absolute atomic E-state index is 0.134. The minimum Gasteiger partial charge on any atom is -0.497 e. The molecule has 0 saturated heterocycles. The molecule has 0 atom stereocenters. The fourth-order valence-electron chi connectivity index (χ4n) is 1.82. The number of hydrogen-bond acceptors (Lipinski definition) is 4. The highest BCUT2D eigenvalue weighted by molar-refractivity contribution is 5.45. The molecule has 19 heavy (non-hydrogen) atoms. The first-order valence-corrected chi connectivity index (χ1v) is 6.35. The Morgan fingerprint density at radius 1 is 1.32 bits per heavy atom. The van der Waals surface area contributed by atoms with Crippen molar-refractivity contribution in [3.63, 3.8) is 0 Å². The number of likely N-dealkylation sites (N-methyl/N-ethyl adjacent to an activating group) is 1. The summed E-state index contributed by atoms with van der Waals surface area (Å²) in [4.78, 5) is 2.12. The number of aliphatic hydroxyl groups excluding tert-OH is 2. The van der Waals surface area contributed by atoms with Gasteiger partial charge in [0.1, 0.15) is 12.4 Å². The van der Waals surface area contributed by atoms with E-state index >= 15 is 0 Å². The van der Waals surface area contributed by atoms with Crippen LogP contribution in [0, 0.1) is 11.8 Å². The summed E-state index contributed by atoms with van der Waals surface area (Å²) in [7, 11) is 1.63. The third-order valence-electron chi connectivity index (χ3n) is 2.87. The largest absolute Gasteiger partial charge is 0.497 e. The Hall–Kier alpha value is -1.54. The van der Waals surface area contributed by atoms with Crippen molar-refractivity contribution in [2.75, 3.05) is 33.4 Å². The monoisotopic (exact) mass is 263 g/mol. The van der Waals surface area contributed by atoms with Gasteiger partial charge in [-0.1, -0.05) is 18.8 Å². The van der Waals surface area contributed by atoms with Crippen molar-refractivity contribution in [3.8, 4) is 17.6 Å². The van der Waals surface area contributed by atoms with Crippen LogP contribution in [0.15, 0.2) is 18.2 Å². The molecule has 0 aliphatic carbocycles. The number of methoxy groups -OCH3 is 1. The van der Waals surface area contributed by atoms with Crippen LogP contribution < -0.4 is 4.74 Å². The number of ether oxygens (including phenoxy) is 1. The second kappa shape index (κ2) is 8.54. The predicted octanol–water partition coefficient (Wildman–Crippen LogP) is 0.853. The second-order valence-corrected chi connectivity index (χ2v) is 4.08. The van der Waals surface area contributed by atoms with Gasteiger partial charge in [-0.15, -0.1) is 0 Å². The van der Waals surface area contributed by atoms with Crippen molar-refractivity contribution < 1.29 is 14.9 Å². The molecule has 0 saturated carbocycles.